The zero-order valence-corrected chi connectivity index (χ0v) is 16.0. The average molecular weight is 403 g/mol. The van der Waals surface area contributed by atoms with E-state index in [2.05, 4.69) is 52.0 Å². The van der Waals surface area contributed by atoms with Crippen molar-refractivity contribution in [1.82, 2.24) is 4.90 Å². The largest absolute Gasteiger partial charge is 0.493 e. The molecule has 0 saturated carbocycles. The fourth-order valence-electron chi connectivity index (χ4n) is 3.09. The highest BCUT2D eigenvalue weighted by molar-refractivity contribution is 9.10. The molecule has 25 heavy (non-hydrogen) atoms. The van der Waals surface area contributed by atoms with Gasteiger partial charge in [0.05, 0.1) is 13.0 Å². The van der Waals surface area contributed by atoms with Crippen LogP contribution in [0.4, 0.5) is 5.69 Å². The van der Waals surface area contributed by atoms with Crippen molar-refractivity contribution in [3.05, 3.63) is 58.6 Å². The number of carbonyl (C=O) groups is 1. The number of rotatable bonds is 5. The van der Waals surface area contributed by atoms with Gasteiger partial charge in [-0.1, -0.05) is 40.2 Å². The van der Waals surface area contributed by atoms with Crippen molar-refractivity contribution in [3.63, 3.8) is 0 Å². The van der Waals surface area contributed by atoms with Gasteiger partial charge in [-0.05, 0) is 36.8 Å². The number of halogens is 1. The van der Waals surface area contributed by atoms with Crippen molar-refractivity contribution in [1.29, 1.82) is 0 Å². The Morgan fingerprint density at radius 3 is 2.56 bits per heavy atom. The number of benzene rings is 2. The molecule has 0 spiro atoms. The molecule has 1 heterocycles. The zero-order chi connectivity index (χ0) is 17.6. The van der Waals surface area contributed by atoms with Crippen LogP contribution in [0.3, 0.4) is 0 Å². The van der Waals surface area contributed by atoms with Gasteiger partial charge in [0.2, 0.25) is 5.91 Å². The van der Waals surface area contributed by atoms with E-state index in [1.807, 2.05) is 29.2 Å². The molecule has 2 aromatic carbocycles. The lowest BCUT2D eigenvalue weighted by Crippen LogP contribution is -2.49. The Labute approximate surface area is 157 Å². The summed E-state index contributed by atoms with van der Waals surface area (Å²) in [7, 11) is 0. The summed E-state index contributed by atoms with van der Waals surface area (Å²) in [6.07, 6.45) is 0.414. The summed E-state index contributed by atoms with van der Waals surface area (Å²) in [6.45, 7) is 5.83. The second-order valence-electron chi connectivity index (χ2n) is 6.21. The summed E-state index contributed by atoms with van der Waals surface area (Å²) in [5, 5.41) is 0. The highest BCUT2D eigenvalue weighted by Crippen LogP contribution is 2.21. The molecular formula is C20H23BrN2O2. The standard InChI is InChI=1S/C20H23BrN2O2/c1-16-5-2-3-8-19(16)22-10-12-23(13-11-22)20(24)9-14-25-18-7-4-6-17(21)15-18/h2-8,15H,9-14H2,1H3. The van der Waals surface area contributed by atoms with Crippen LogP contribution in [-0.4, -0.2) is 43.6 Å². The van der Waals surface area contributed by atoms with E-state index in [-0.39, 0.29) is 5.91 Å². The third-order valence-electron chi connectivity index (χ3n) is 4.47. The number of anilines is 1. The summed E-state index contributed by atoms with van der Waals surface area (Å²) in [4.78, 5) is 16.7. The number of para-hydroxylation sites is 1. The predicted octanol–water partition coefficient (Wildman–Crippen LogP) is 3.88. The number of hydrogen-bond acceptors (Lipinski definition) is 3. The minimum Gasteiger partial charge on any atom is -0.493 e. The summed E-state index contributed by atoms with van der Waals surface area (Å²) in [5.41, 5.74) is 2.55. The number of amides is 1. The summed E-state index contributed by atoms with van der Waals surface area (Å²) in [6, 6.07) is 16.1. The monoisotopic (exact) mass is 402 g/mol. The number of ether oxygens (including phenoxy) is 1. The number of hydrogen-bond donors (Lipinski definition) is 0. The van der Waals surface area contributed by atoms with Crippen LogP contribution in [0.1, 0.15) is 12.0 Å². The third kappa shape index (κ3) is 4.75. The molecule has 0 aromatic heterocycles. The topological polar surface area (TPSA) is 32.8 Å². The van der Waals surface area contributed by atoms with E-state index in [9.17, 15) is 4.79 Å². The lowest BCUT2D eigenvalue weighted by Gasteiger charge is -2.36. The Bertz CT molecular complexity index is 727. The van der Waals surface area contributed by atoms with Crippen LogP contribution in [0.15, 0.2) is 53.0 Å². The quantitative estimate of drug-likeness (QED) is 0.760. The smallest absolute Gasteiger partial charge is 0.226 e. The van der Waals surface area contributed by atoms with Crippen molar-refractivity contribution in [2.75, 3.05) is 37.7 Å². The van der Waals surface area contributed by atoms with Gasteiger partial charge in [0.15, 0.2) is 0 Å². The maximum absolute atomic E-state index is 12.4. The van der Waals surface area contributed by atoms with Crippen LogP contribution in [0, 0.1) is 6.92 Å². The molecule has 132 valence electrons. The number of carbonyl (C=O) groups excluding carboxylic acids is 1. The van der Waals surface area contributed by atoms with Crippen LogP contribution in [-0.2, 0) is 4.79 Å². The highest BCUT2D eigenvalue weighted by Gasteiger charge is 2.21. The van der Waals surface area contributed by atoms with Crippen LogP contribution >= 0.6 is 15.9 Å². The molecule has 1 aliphatic heterocycles. The minimum absolute atomic E-state index is 0.166. The Hall–Kier alpha value is -2.01. The van der Waals surface area contributed by atoms with Gasteiger partial charge in [-0.3, -0.25) is 4.79 Å². The Kier molecular flexibility index (Phi) is 5.97. The van der Waals surface area contributed by atoms with Crippen LogP contribution in [0.5, 0.6) is 5.75 Å². The molecule has 0 atom stereocenters. The first-order valence-electron chi connectivity index (χ1n) is 8.60. The molecule has 2 aromatic rings. The van der Waals surface area contributed by atoms with E-state index in [1.165, 1.54) is 11.3 Å². The van der Waals surface area contributed by atoms with Crippen LogP contribution < -0.4 is 9.64 Å². The van der Waals surface area contributed by atoms with Crippen LogP contribution in [0.2, 0.25) is 0 Å². The van der Waals surface area contributed by atoms with Crippen LogP contribution in [0.25, 0.3) is 0 Å². The van der Waals surface area contributed by atoms with Gasteiger partial charge in [0.1, 0.15) is 5.75 Å². The maximum atomic E-state index is 12.4. The van der Waals surface area contributed by atoms with Crippen molar-refractivity contribution < 1.29 is 9.53 Å². The van der Waals surface area contributed by atoms with Gasteiger partial charge in [-0.2, -0.15) is 0 Å². The molecule has 5 heteroatoms. The lowest BCUT2D eigenvalue weighted by atomic mass is 10.1. The lowest BCUT2D eigenvalue weighted by molar-refractivity contribution is -0.132. The second-order valence-corrected chi connectivity index (χ2v) is 7.13. The molecule has 0 radical (unpaired) electrons. The normalized spacial score (nSPS) is 14.5. The molecule has 1 aliphatic rings. The molecule has 0 bridgehead atoms. The Balaban J connectivity index is 1.45. The average Bonchev–Trinajstić information content (AvgIpc) is 2.62. The highest BCUT2D eigenvalue weighted by atomic mass is 79.9. The zero-order valence-electron chi connectivity index (χ0n) is 14.5. The molecule has 3 rings (SSSR count). The maximum Gasteiger partial charge on any atom is 0.226 e. The molecule has 0 N–H and O–H groups in total. The minimum atomic E-state index is 0.166. The first kappa shape index (κ1) is 17.8. The van der Waals surface area contributed by atoms with E-state index < -0.39 is 0 Å². The molecule has 1 saturated heterocycles. The number of piperazine rings is 1. The Morgan fingerprint density at radius 1 is 1.08 bits per heavy atom. The van der Waals surface area contributed by atoms with Gasteiger partial charge in [-0.15, -0.1) is 0 Å². The molecule has 4 nitrogen and oxygen atoms in total. The fourth-order valence-corrected chi connectivity index (χ4v) is 3.46. The van der Waals surface area contributed by atoms with E-state index in [4.69, 9.17) is 4.74 Å². The van der Waals surface area contributed by atoms with Crippen molar-refractivity contribution >= 4 is 27.5 Å². The fraction of sp³-hybridized carbons (Fsp3) is 0.350. The van der Waals surface area contributed by atoms with Gasteiger partial charge in [-0.25, -0.2) is 0 Å². The number of aryl methyl sites for hydroxylation is 1. The molecule has 0 unspecified atom stereocenters. The first-order valence-corrected chi connectivity index (χ1v) is 9.39. The second kappa shape index (κ2) is 8.39. The van der Waals surface area contributed by atoms with E-state index in [0.717, 1.165) is 36.4 Å². The SMILES string of the molecule is Cc1ccccc1N1CCN(C(=O)CCOc2cccc(Br)c2)CC1. The summed E-state index contributed by atoms with van der Waals surface area (Å²) < 4.78 is 6.64. The summed E-state index contributed by atoms with van der Waals surface area (Å²) in [5.74, 6) is 0.950. The van der Waals surface area contributed by atoms with Crippen molar-refractivity contribution in [2.24, 2.45) is 0 Å². The Morgan fingerprint density at radius 2 is 1.84 bits per heavy atom. The van der Waals surface area contributed by atoms with E-state index >= 15 is 0 Å². The van der Waals surface area contributed by atoms with Gasteiger partial charge >= 0.3 is 0 Å². The van der Waals surface area contributed by atoms with Crippen molar-refractivity contribution in [3.8, 4) is 5.75 Å². The molecular weight excluding hydrogens is 380 g/mol. The van der Waals surface area contributed by atoms with E-state index in [1.54, 1.807) is 0 Å². The van der Waals surface area contributed by atoms with Gasteiger partial charge < -0.3 is 14.5 Å². The number of nitrogens with zero attached hydrogens (tertiary/aromatic N) is 2. The molecule has 1 amide bonds. The van der Waals surface area contributed by atoms with Crippen molar-refractivity contribution in [2.45, 2.75) is 13.3 Å². The summed E-state index contributed by atoms with van der Waals surface area (Å²) >= 11 is 3.42. The third-order valence-corrected chi connectivity index (χ3v) is 4.96. The molecule has 1 fully saturated rings. The van der Waals surface area contributed by atoms with E-state index in [0.29, 0.717) is 13.0 Å². The van der Waals surface area contributed by atoms with Gasteiger partial charge in [0.25, 0.3) is 0 Å². The predicted molar refractivity (Wildman–Crippen MR) is 104 cm³/mol. The first-order chi connectivity index (χ1) is 12.1. The van der Waals surface area contributed by atoms with Gasteiger partial charge in [0, 0.05) is 36.3 Å². The molecule has 0 aliphatic carbocycles.